The molecule has 7 nitrogen and oxygen atoms in total. The minimum absolute atomic E-state index is 0.0238. The molecule has 0 aliphatic heterocycles. The molecule has 25 heavy (non-hydrogen) atoms. The lowest BCUT2D eigenvalue weighted by Gasteiger charge is -2.10. The van der Waals surface area contributed by atoms with E-state index in [4.69, 9.17) is 27.9 Å². The average molecular weight is 384 g/mol. The molecule has 0 radical (unpaired) electrons. The SMILES string of the molecule is O=C(COc1cccc(Cl)c1Cl)NCCNc1ccc([N+](=O)[O-])cc1. The van der Waals surface area contributed by atoms with E-state index in [2.05, 4.69) is 10.6 Å². The summed E-state index contributed by atoms with van der Waals surface area (Å²) >= 11 is 11.8. The summed E-state index contributed by atoms with van der Waals surface area (Å²) in [7, 11) is 0. The van der Waals surface area contributed by atoms with Gasteiger partial charge in [-0.3, -0.25) is 14.9 Å². The van der Waals surface area contributed by atoms with Crippen LogP contribution >= 0.6 is 23.2 Å². The molecule has 0 atom stereocenters. The number of nitrogens with zero attached hydrogens (tertiary/aromatic N) is 1. The highest BCUT2D eigenvalue weighted by atomic mass is 35.5. The van der Waals surface area contributed by atoms with E-state index in [1.54, 1.807) is 30.3 Å². The van der Waals surface area contributed by atoms with Gasteiger partial charge in [0.15, 0.2) is 6.61 Å². The third kappa shape index (κ3) is 5.81. The van der Waals surface area contributed by atoms with Crippen LogP contribution in [0.2, 0.25) is 10.0 Å². The second-order valence-electron chi connectivity index (χ2n) is 4.92. The molecule has 0 aliphatic carbocycles. The number of anilines is 1. The van der Waals surface area contributed by atoms with Gasteiger partial charge in [-0.15, -0.1) is 0 Å². The zero-order valence-electron chi connectivity index (χ0n) is 13.0. The first kappa shape index (κ1) is 18.8. The van der Waals surface area contributed by atoms with Crippen molar-refractivity contribution >= 4 is 40.5 Å². The van der Waals surface area contributed by atoms with Crippen molar-refractivity contribution in [1.29, 1.82) is 0 Å². The maximum Gasteiger partial charge on any atom is 0.269 e. The molecular formula is C16H15Cl2N3O4. The van der Waals surface area contributed by atoms with Crippen molar-refractivity contribution in [2.45, 2.75) is 0 Å². The Labute approximate surface area is 154 Å². The van der Waals surface area contributed by atoms with Crippen LogP contribution in [0.25, 0.3) is 0 Å². The quantitative estimate of drug-likeness (QED) is 0.413. The van der Waals surface area contributed by atoms with Gasteiger partial charge in [0.2, 0.25) is 0 Å². The fourth-order valence-corrected chi connectivity index (χ4v) is 2.25. The zero-order valence-corrected chi connectivity index (χ0v) is 14.5. The summed E-state index contributed by atoms with van der Waals surface area (Å²) in [4.78, 5) is 21.8. The Hall–Kier alpha value is -2.51. The lowest BCUT2D eigenvalue weighted by Crippen LogP contribution is -2.32. The summed E-state index contributed by atoms with van der Waals surface area (Å²) in [5.74, 6) is 0.0369. The molecule has 0 aliphatic rings. The van der Waals surface area contributed by atoms with Gasteiger partial charge in [0, 0.05) is 30.9 Å². The number of hydrogen-bond acceptors (Lipinski definition) is 5. The highest BCUT2D eigenvalue weighted by molar-refractivity contribution is 6.42. The summed E-state index contributed by atoms with van der Waals surface area (Å²) in [6.45, 7) is 0.640. The number of nitro groups is 1. The van der Waals surface area contributed by atoms with Crippen LogP contribution in [0.15, 0.2) is 42.5 Å². The molecular weight excluding hydrogens is 369 g/mol. The summed E-state index contributed by atoms with van der Waals surface area (Å²) in [6.07, 6.45) is 0. The molecule has 0 fully saturated rings. The average Bonchev–Trinajstić information content (AvgIpc) is 2.60. The Kier molecular flexibility index (Phi) is 6.85. The first-order valence-corrected chi connectivity index (χ1v) is 8.05. The van der Waals surface area contributed by atoms with Crippen LogP contribution in [0.4, 0.5) is 11.4 Å². The van der Waals surface area contributed by atoms with Gasteiger partial charge in [0.05, 0.1) is 9.95 Å². The van der Waals surface area contributed by atoms with Crippen molar-refractivity contribution < 1.29 is 14.5 Å². The van der Waals surface area contributed by atoms with E-state index in [9.17, 15) is 14.9 Å². The number of nitro benzene ring substituents is 1. The van der Waals surface area contributed by atoms with Crippen LogP contribution in [0, 0.1) is 10.1 Å². The summed E-state index contributed by atoms with van der Waals surface area (Å²) in [5, 5.41) is 16.9. The summed E-state index contributed by atoms with van der Waals surface area (Å²) < 4.78 is 5.32. The lowest BCUT2D eigenvalue weighted by atomic mass is 10.3. The van der Waals surface area contributed by atoms with Gasteiger partial charge in [-0.1, -0.05) is 29.3 Å². The molecule has 0 saturated carbocycles. The van der Waals surface area contributed by atoms with E-state index in [1.807, 2.05) is 0 Å². The predicted octanol–water partition coefficient (Wildman–Crippen LogP) is 3.51. The van der Waals surface area contributed by atoms with Crippen molar-refractivity contribution in [1.82, 2.24) is 5.32 Å². The van der Waals surface area contributed by atoms with Crippen molar-refractivity contribution in [2.24, 2.45) is 0 Å². The molecule has 2 N–H and O–H groups in total. The first-order valence-electron chi connectivity index (χ1n) is 7.29. The van der Waals surface area contributed by atoms with E-state index in [0.29, 0.717) is 23.9 Å². The Morgan fingerprint density at radius 3 is 2.52 bits per heavy atom. The molecule has 132 valence electrons. The number of amides is 1. The molecule has 1 amide bonds. The minimum Gasteiger partial charge on any atom is -0.482 e. The fourth-order valence-electron chi connectivity index (χ4n) is 1.90. The molecule has 9 heteroatoms. The molecule has 0 unspecified atom stereocenters. The van der Waals surface area contributed by atoms with E-state index < -0.39 is 4.92 Å². The van der Waals surface area contributed by atoms with Crippen LogP contribution in [0.3, 0.4) is 0 Å². The monoisotopic (exact) mass is 383 g/mol. The number of carbonyl (C=O) groups is 1. The van der Waals surface area contributed by atoms with Gasteiger partial charge in [0.25, 0.3) is 11.6 Å². The highest BCUT2D eigenvalue weighted by Crippen LogP contribution is 2.31. The molecule has 0 saturated heterocycles. The van der Waals surface area contributed by atoms with Gasteiger partial charge in [-0.25, -0.2) is 0 Å². The van der Waals surface area contributed by atoms with E-state index in [1.165, 1.54) is 12.1 Å². The van der Waals surface area contributed by atoms with E-state index in [0.717, 1.165) is 5.69 Å². The molecule has 0 bridgehead atoms. The van der Waals surface area contributed by atoms with Gasteiger partial charge in [-0.2, -0.15) is 0 Å². The molecule has 2 aromatic carbocycles. The third-order valence-electron chi connectivity index (χ3n) is 3.13. The third-order valence-corrected chi connectivity index (χ3v) is 3.93. The smallest absolute Gasteiger partial charge is 0.269 e. The second-order valence-corrected chi connectivity index (χ2v) is 5.71. The number of rotatable bonds is 8. The normalized spacial score (nSPS) is 10.2. The minimum atomic E-state index is -0.462. The van der Waals surface area contributed by atoms with Crippen molar-refractivity contribution in [3.63, 3.8) is 0 Å². The fraction of sp³-hybridized carbons (Fsp3) is 0.188. The van der Waals surface area contributed by atoms with Crippen LogP contribution < -0.4 is 15.4 Å². The molecule has 0 heterocycles. The van der Waals surface area contributed by atoms with Gasteiger partial charge >= 0.3 is 0 Å². The lowest BCUT2D eigenvalue weighted by molar-refractivity contribution is -0.384. The maximum atomic E-state index is 11.7. The number of nitrogens with one attached hydrogen (secondary N) is 2. The molecule has 2 rings (SSSR count). The molecule has 0 spiro atoms. The predicted molar refractivity (Wildman–Crippen MR) is 96.6 cm³/mol. The largest absolute Gasteiger partial charge is 0.482 e. The highest BCUT2D eigenvalue weighted by Gasteiger charge is 2.08. The Balaban J connectivity index is 1.68. The van der Waals surface area contributed by atoms with Gasteiger partial charge in [-0.05, 0) is 24.3 Å². The first-order chi connectivity index (χ1) is 12.0. The van der Waals surface area contributed by atoms with Crippen molar-refractivity contribution in [3.05, 3.63) is 62.6 Å². The molecule has 0 aromatic heterocycles. The summed E-state index contributed by atoms with van der Waals surface area (Å²) in [5.41, 5.74) is 0.748. The summed E-state index contributed by atoms with van der Waals surface area (Å²) in [6, 6.07) is 10.9. The zero-order chi connectivity index (χ0) is 18.2. The van der Waals surface area contributed by atoms with Gasteiger partial charge in [0.1, 0.15) is 10.8 Å². The number of non-ortho nitro benzene ring substituents is 1. The number of halogens is 2. The number of hydrogen-bond donors (Lipinski definition) is 2. The van der Waals surface area contributed by atoms with E-state index >= 15 is 0 Å². The Bertz CT molecular complexity index is 754. The van der Waals surface area contributed by atoms with Crippen LogP contribution in [-0.4, -0.2) is 30.5 Å². The van der Waals surface area contributed by atoms with Crippen LogP contribution in [0.5, 0.6) is 5.75 Å². The van der Waals surface area contributed by atoms with Crippen LogP contribution in [-0.2, 0) is 4.79 Å². The number of ether oxygens (including phenoxy) is 1. The van der Waals surface area contributed by atoms with Crippen molar-refractivity contribution in [3.8, 4) is 5.75 Å². The number of carbonyl (C=O) groups excluding carboxylic acids is 1. The van der Waals surface area contributed by atoms with E-state index in [-0.39, 0.29) is 23.2 Å². The Morgan fingerprint density at radius 1 is 1.12 bits per heavy atom. The van der Waals surface area contributed by atoms with Crippen molar-refractivity contribution in [2.75, 3.05) is 25.0 Å². The molecule has 2 aromatic rings. The van der Waals surface area contributed by atoms with Gasteiger partial charge < -0.3 is 15.4 Å². The second kappa shape index (κ2) is 9.10. The number of benzene rings is 2. The maximum absolute atomic E-state index is 11.7. The van der Waals surface area contributed by atoms with Crippen LogP contribution in [0.1, 0.15) is 0 Å². The Morgan fingerprint density at radius 2 is 1.84 bits per heavy atom. The topological polar surface area (TPSA) is 93.5 Å². The standard InChI is InChI=1S/C16H15Cl2N3O4/c17-13-2-1-3-14(16(13)18)25-10-15(22)20-9-8-19-11-4-6-12(7-5-11)21(23)24/h1-7,19H,8-10H2,(H,20,22).